The van der Waals surface area contributed by atoms with Crippen LogP contribution in [0.4, 0.5) is 5.69 Å². The maximum atomic E-state index is 12.4. The van der Waals surface area contributed by atoms with E-state index in [9.17, 15) is 4.79 Å². The van der Waals surface area contributed by atoms with Crippen LogP contribution in [0.15, 0.2) is 18.2 Å². The number of fused-ring (bicyclic) bond motifs is 1. The maximum Gasteiger partial charge on any atom is 0.267 e. The van der Waals surface area contributed by atoms with Gasteiger partial charge in [0.2, 0.25) is 0 Å². The second-order valence-corrected chi connectivity index (χ2v) is 6.46. The van der Waals surface area contributed by atoms with Gasteiger partial charge in [-0.3, -0.25) is 4.79 Å². The Kier molecular flexibility index (Phi) is 3.57. The van der Waals surface area contributed by atoms with E-state index in [1.165, 1.54) is 35.3 Å². The molecule has 0 fully saturated rings. The molecule has 104 valence electrons. The van der Waals surface area contributed by atoms with E-state index in [0.29, 0.717) is 0 Å². The van der Waals surface area contributed by atoms with E-state index in [1.54, 1.807) is 0 Å². The highest BCUT2D eigenvalue weighted by molar-refractivity contribution is 7.13. The van der Waals surface area contributed by atoms with Crippen molar-refractivity contribution in [2.24, 2.45) is 0 Å². The summed E-state index contributed by atoms with van der Waals surface area (Å²) in [5, 5.41) is 4.01. The van der Waals surface area contributed by atoms with Gasteiger partial charge in [0, 0.05) is 5.69 Å². The number of rotatable bonds is 2. The minimum atomic E-state index is -0.0351. The fourth-order valence-corrected chi connectivity index (χ4v) is 3.63. The minimum absolute atomic E-state index is 0.0351. The molecule has 0 unspecified atom stereocenters. The molecule has 20 heavy (non-hydrogen) atoms. The summed E-state index contributed by atoms with van der Waals surface area (Å²) in [6.07, 6.45) is 4.64. The van der Waals surface area contributed by atoms with Gasteiger partial charge in [0.05, 0.1) is 10.7 Å². The van der Waals surface area contributed by atoms with Crippen LogP contribution in [-0.2, 0) is 12.8 Å². The largest absolute Gasteiger partial charge is 0.321 e. The number of hydrogen-bond donors (Lipinski definition) is 1. The van der Waals surface area contributed by atoms with E-state index in [2.05, 4.69) is 16.4 Å². The van der Waals surface area contributed by atoms with Gasteiger partial charge in [0.25, 0.3) is 5.91 Å². The minimum Gasteiger partial charge on any atom is -0.321 e. The van der Waals surface area contributed by atoms with Crippen LogP contribution in [0.5, 0.6) is 0 Å². The van der Waals surface area contributed by atoms with Crippen LogP contribution in [0.2, 0.25) is 0 Å². The Morgan fingerprint density at radius 1 is 1.25 bits per heavy atom. The number of amides is 1. The third-order valence-corrected chi connectivity index (χ3v) is 4.83. The molecule has 3 nitrogen and oxygen atoms in total. The summed E-state index contributed by atoms with van der Waals surface area (Å²) in [7, 11) is 0. The topological polar surface area (TPSA) is 42.0 Å². The molecule has 0 saturated heterocycles. The number of hydrogen-bond acceptors (Lipinski definition) is 3. The van der Waals surface area contributed by atoms with Crippen LogP contribution in [0.1, 0.15) is 44.3 Å². The van der Waals surface area contributed by atoms with Crippen molar-refractivity contribution in [1.29, 1.82) is 0 Å². The van der Waals surface area contributed by atoms with Crippen molar-refractivity contribution in [3.05, 3.63) is 44.9 Å². The molecule has 0 saturated carbocycles. The summed E-state index contributed by atoms with van der Waals surface area (Å²) < 4.78 is 0. The van der Waals surface area contributed by atoms with E-state index in [0.717, 1.165) is 34.1 Å². The van der Waals surface area contributed by atoms with Gasteiger partial charge in [-0.2, -0.15) is 0 Å². The molecule has 4 heteroatoms. The van der Waals surface area contributed by atoms with Crippen molar-refractivity contribution in [3.8, 4) is 0 Å². The number of nitrogens with one attached hydrogen (secondary N) is 1. The zero-order valence-electron chi connectivity index (χ0n) is 11.8. The van der Waals surface area contributed by atoms with Gasteiger partial charge in [-0.1, -0.05) is 12.1 Å². The van der Waals surface area contributed by atoms with Crippen molar-refractivity contribution in [2.75, 3.05) is 5.32 Å². The molecule has 0 radical (unpaired) electrons. The zero-order valence-corrected chi connectivity index (χ0v) is 12.6. The first-order chi connectivity index (χ1) is 9.65. The molecule has 0 aliphatic heterocycles. The second kappa shape index (κ2) is 5.37. The molecule has 1 aromatic heterocycles. The highest BCUT2D eigenvalue weighted by Crippen LogP contribution is 2.28. The van der Waals surface area contributed by atoms with Gasteiger partial charge in [-0.15, -0.1) is 11.3 Å². The Bertz CT molecular complexity index is 660. The molecule has 0 atom stereocenters. The third-order valence-electron chi connectivity index (χ3n) is 3.75. The number of carbonyl (C=O) groups is 1. The smallest absolute Gasteiger partial charge is 0.267 e. The molecule has 1 aliphatic carbocycles. The lowest BCUT2D eigenvalue weighted by molar-refractivity contribution is 0.102. The van der Waals surface area contributed by atoms with Gasteiger partial charge in [0.15, 0.2) is 0 Å². The number of aryl methyl sites for hydroxylation is 3. The monoisotopic (exact) mass is 286 g/mol. The quantitative estimate of drug-likeness (QED) is 0.910. The highest BCUT2D eigenvalue weighted by Gasteiger charge is 2.17. The number of carbonyl (C=O) groups excluding carboxylic acids is 1. The number of benzene rings is 1. The van der Waals surface area contributed by atoms with E-state index in [-0.39, 0.29) is 5.91 Å². The zero-order chi connectivity index (χ0) is 14.1. The molecule has 3 rings (SSSR count). The summed E-state index contributed by atoms with van der Waals surface area (Å²) in [5.74, 6) is -0.0351. The summed E-state index contributed by atoms with van der Waals surface area (Å²) in [6, 6.07) is 6.21. The van der Waals surface area contributed by atoms with Crippen molar-refractivity contribution in [2.45, 2.75) is 39.5 Å². The summed E-state index contributed by atoms with van der Waals surface area (Å²) in [6.45, 7) is 3.82. The van der Waals surface area contributed by atoms with Gasteiger partial charge in [-0.05, 0) is 56.7 Å². The van der Waals surface area contributed by atoms with Crippen LogP contribution in [0.3, 0.4) is 0 Å². The van der Waals surface area contributed by atoms with Gasteiger partial charge >= 0.3 is 0 Å². The predicted octanol–water partition coefficient (Wildman–Crippen LogP) is 3.89. The van der Waals surface area contributed by atoms with Crippen LogP contribution >= 0.6 is 11.3 Å². The lowest BCUT2D eigenvalue weighted by Gasteiger charge is -2.19. The Hall–Kier alpha value is -1.68. The third kappa shape index (κ3) is 2.48. The molecule has 2 aromatic rings. The molecule has 0 spiro atoms. The summed E-state index contributed by atoms with van der Waals surface area (Å²) in [5.41, 5.74) is 4.48. The Balaban J connectivity index is 1.88. The molecule has 1 aromatic carbocycles. The number of nitrogens with zero attached hydrogens (tertiary/aromatic N) is 1. The maximum absolute atomic E-state index is 12.4. The average Bonchev–Trinajstić information content (AvgIpc) is 2.78. The lowest BCUT2D eigenvalue weighted by Crippen LogP contribution is -2.15. The van der Waals surface area contributed by atoms with Gasteiger partial charge in [-0.25, -0.2) is 4.98 Å². The molecular weight excluding hydrogens is 268 g/mol. The van der Waals surface area contributed by atoms with Crippen molar-refractivity contribution in [1.82, 2.24) is 4.98 Å². The number of thiazole rings is 1. The first kappa shape index (κ1) is 13.3. The summed E-state index contributed by atoms with van der Waals surface area (Å²) >= 11 is 1.46. The Morgan fingerprint density at radius 2 is 2.05 bits per heavy atom. The lowest BCUT2D eigenvalue weighted by atomic mass is 9.90. The van der Waals surface area contributed by atoms with Crippen molar-refractivity contribution in [3.63, 3.8) is 0 Å². The number of aromatic nitrogens is 1. The standard InChI is InChI=1S/C16H18N2OS/c1-10-15(20-11(2)17-10)16(19)18-14-9-5-7-12-6-3-4-8-13(12)14/h5,7,9H,3-4,6,8H2,1-2H3,(H,18,19). The average molecular weight is 286 g/mol. The SMILES string of the molecule is Cc1nc(C)c(C(=O)Nc2cccc3c2CCCC3)s1. The van der Waals surface area contributed by atoms with E-state index in [4.69, 9.17) is 0 Å². The Labute approximate surface area is 123 Å². The van der Waals surface area contributed by atoms with Crippen LogP contribution in [0, 0.1) is 13.8 Å². The number of anilines is 1. The fraction of sp³-hybridized carbons (Fsp3) is 0.375. The van der Waals surface area contributed by atoms with Crippen molar-refractivity contribution < 1.29 is 4.79 Å². The van der Waals surface area contributed by atoms with Crippen LogP contribution in [-0.4, -0.2) is 10.9 Å². The first-order valence-electron chi connectivity index (χ1n) is 7.01. The van der Waals surface area contributed by atoms with E-state index in [1.807, 2.05) is 26.0 Å². The Morgan fingerprint density at radius 3 is 2.80 bits per heavy atom. The predicted molar refractivity (Wildman–Crippen MR) is 82.6 cm³/mol. The van der Waals surface area contributed by atoms with Gasteiger partial charge in [0.1, 0.15) is 4.88 Å². The molecule has 1 heterocycles. The van der Waals surface area contributed by atoms with Crippen LogP contribution in [0.25, 0.3) is 0 Å². The molecule has 1 N–H and O–H groups in total. The van der Waals surface area contributed by atoms with E-state index >= 15 is 0 Å². The molecule has 0 bridgehead atoms. The fourth-order valence-electron chi connectivity index (χ4n) is 2.82. The van der Waals surface area contributed by atoms with Crippen molar-refractivity contribution >= 4 is 22.9 Å². The van der Waals surface area contributed by atoms with E-state index < -0.39 is 0 Å². The molecular formula is C16H18N2OS. The second-order valence-electron chi connectivity index (χ2n) is 5.25. The first-order valence-corrected chi connectivity index (χ1v) is 7.83. The molecule has 1 amide bonds. The summed E-state index contributed by atoms with van der Waals surface area (Å²) in [4.78, 5) is 17.4. The molecule has 1 aliphatic rings. The van der Waals surface area contributed by atoms with Crippen LogP contribution < -0.4 is 5.32 Å². The highest BCUT2D eigenvalue weighted by atomic mass is 32.1. The van der Waals surface area contributed by atoms with Gasteiger partial charge < -0.3 is 5.32 Å². The normalized spacial score (nSPS) is 13.9.